The first kappa shape index (κ1) is 27.3. The quantitative estimate of drug-likeness (QED) is 0.633. The molecular formula is C30H41N7O2. The van der Waals surface area contributed by atoms with Gasteiger partial charge in [0.25, 0.3) is 0 Å². The monoisotopic (exact) mass is 531 g/mol. The van der Waals surface area contributed by atoms with E-state index in [1.54, 1.807) is 11.9 Å². The molecule has 1 aromatic carbocycles. The largest absolute Gasteiger partial charge is 0.380 e. The highest BCUT2D eigenvalue weighted by molar-refractivity contribution is 5.89. The zero-order chi connectivity index (χ0) is 27.6. The van der Waals surface area contributed by atoms with Crippen LogP contribution in [0.1, 0.15) is 50.8 Å². The summed E-state index contributed by atoms with van der Waals surface area (Å²) in [5.74, 6) is 1.64. The van der Waals surface area contributed by atoms with Gasteiger partial charge in [-0.1, -0.05) is 37.3 Å². The first-order chi connectivity index (χ1) is 18.8. The molecule has 3 aliphatic rings. The molecule has 1 aromatic heterocycles. The number of aromatic nitrogens is 3. The predicted molar refractivity (Wildman–Crippen MR) is 153 cm³/mol. The standard InChI is InChI=1S/C30H41N7O2/c1-21-9-10-22(2)28(32-23(3)17-21)36-14-11-30(12-15-36)29(38)37(16-13-31-30)19-26-27(34-35(4)33-26)25-8-6-7-24(18-25)20-39-5/h6-8,17-18,22,31H,3,9-16,19-20H2,1-2,4-5H3/b21-17-,32-28?. The maximum Gasteiger partial charge on any atom is 0.243 e. The molecule has 9 heteroatoms. The van der Waals surface area contributed by atoms with Crippen molar-refractivity contribution in [1.29, 1.82) is 0 Å². The average Bonchev–Trinajstić information content (AvgIpc) is 3.29. The number of carbonyl (C=O) groups is 1. The molecule has 1 spiro atoms. The lowest BCUT2D eigenvalue weighted by Gasteiger charge is -2.48. The zero-order valence-electron chi connectivity index (χ0n) is 23.7. The molecule has 0 saturated carbocycles. The number of amides is 1. The summed E-state index contributed by atoms with van der Waals surface area (Å²) in [6.07, 6.45) is 5.74. The van der Waals surface area contributed by atoms with E-state index in [-0.39, 0.29) is 5.91 Å². The number of hydrogen-bond acceptors (Lipinski definition) is 7. The van der Waals surface area contributed by atoms with Gasteiger partial charge < -0.3 is 19.9 Å². The van der Waals surface area contributed by atoms with Crippen LogP contribution in [-0.4, -0.2) is 75.4 Å². The van der Waals surface area contributed by atoms with Crippen LogP contribution in [0.4, 0.5) is 0 Å². The topological polar surface area (TPSA) is 87.9 Å². The van der Waals surface area contributed by atoms with Crippen molar-refractivity contribution in [2.24, 2.45) is 18.0 Å². The number of piperazine rings is 1. The molecule has 1 N–H and O–H groups in total. The van der Waals surface area contributed by atoms with Crippen LogP contribution in [0.5, 0.6) is 0 Å². The van der Waals surface area contributed by atoms with Gasteiger partial charge in [-0.2, -0.15) is 15.0 Å². The number of allylic oxidation sites excluding steroid dienone is 2. The van der Waals surface area contributed by atoms with E-state index in [1.807, 2.05) is 30.1 Å². The summed E-state index contributed by atoms with van der Waals surface area (Å²) in [7, 11) is 3.52. The highest BCUT2D eigenvalue weighted by Gasteiger charge is 2.46. The summed E-state index contributed by atoms with van der Waals surface area (Å²) in [4.78, 5) is 24.8. The first-order valence-electron chi connectivity index (χ1n) is 14.0. The van der Waals surface area contributed by atoms with Gasteiger partial charge >= 0.3 is 0 Å². The molecule has 1 atom stereocenters. The molecule has 9 nitrogen and oxygen atoms in total. The minimum atomic E-state index is -0.547. The minimum absolute atomic E-state index is 0.161. The van der Waals surface area contributed by atoms with Gasteiger partial charge in [0.2, 0.25) is 5.91 Å². The number of benzene rings is 1. The Morgan fingerprint density at radius 2 is 2.00 bits per heavy atom. The summed E-state index contributed by atoms with van der Waals surface area (Å²) in [5, 5.41) is 12.9. The number of nitrogens with zero attached hydrogens (tertiary/aromatic N) is 6. The number of carbonyl (C=O) groups excluding carboxylic acids is 1. The lowest BCUT2D eigenvalue weighted by molar-refractivity contribution is -0.144. The maximum absolute atomic E-state index is 14.0. The summed E-state index contributed by atoms with van der Waals surface area (Å²) < 4.78 is 5.31. The minimum Gasteiger partial charge on any atom is -0.380 e. The molecule has 0 bridgehead atoms. The van der Waals surface area contributed by atoms with Crippen LogP contribution in [0.25, 0.3) is 11.3 Å². The van der Waals surface area contributed by atoms with Crippen molar-refractivity contribution in [3.63, 3.8) is 0 Å². The van der Waals surface area contributed by atoms with Gasteiger partial charge in [-0.15, -0.1) is 0 Å². The molecule has 1 unspecified atom stereocenters. The predicted octanol–water partition coefficient (Wildman–Crippen LogP) is 3.68. The second-order valence-corrected chi connectivity index (χ2v) is 11.2. The molecule has 39 heavy (non-hydrogen) atoms. The summed E-state index contributed by atoms with van der Waals surface area (Å²) >= 11 is 0. The molecule has 0 radical (unpaired) electrons. The van der Waals surface area contributed by atoms with Crippen LogP contribution < -0.4 is 5.32 Å². The summed E-state index contributed by atoms with van der Waals surface area (Å²) in [5.41, 5.74) is 5.29. The Balaban J connectivity index is 1.30. The molecule has 0 aliphatic carbocycles. The molecule has 2 fully saturated rings. The van der Waals surface area contributed by atoms with Crippen LogP contribution in [0, 0.1) is 5.92 Å². The summed E-state index contributed by atoms with van der Waals surface area (Å²) in [6, 6.07) is 8.16. The highest BCUT2D eigenvalue weighted by atomic mass is 16.5. The Morgan fingerprint density at radius 3 is 2.77 bits per heavy atom. The average molecular weight is 532 g/mol. The Labute approximate surface area is 231 Å². The Kier molecular flexibility index (Phi) is 8.00. The van der Waals surface area contributed by atoms with E-state index >= 15 is 0 Å². The van der Waals surface area contributed by atoms with Gasteiger partial charge in [0.15, 0.2) is 0 Å². The van der Waals surface area contributed by atoms with Crippen molar-refractivity contribution in [2.75, 3.05) is 33.3 Å². The fourth-order valence-electron chi connectivity index (χ4n) is 6.10. The van der Waals surface area contributed by atoms with E-state index in [0.717, 1.165) is 79.4 Å². The van der Waals surface area contributed by atoms with Crippen LogP contribution in [-0.2, 0) is 29.7 Å². The third kappa shape index (κ3) is 5.84. The third-order valence-electron chi connectivity index (χ3n) is 8.20. The molecular weight excluding hydrogens is 490 g/mol. The van der Waals surface area contributed by atoms with Gasteiger partial charge in [-0.3, -0.25) is 4.79 Å². The normalized spacial score (nSPS) is 23.3. The second kappa shape index (κ2) is 11.4. The molecule has 3 aliphatic heterocycles. The zero-order valence-corrected chi connectivity index (χ0v) is 23.7. The number of hydrogen-bond donors (Lipinski definition) is 1. The molecule has 1 amide bonds. The lowest BCUT2D eigenvalue weighted by Crippen LogP contribution is -2.67. The van der Waals surface area contributed by atoms with E-state index in [4.69, 9.17) is 9.73 Å². The van der Waals surface area contributed by atoms with Gasteiger partial charge in [0.1, 0.15) is 22.8 Å². The Hall–Kier alpha value is -3.30. The van der Waals surface area contributed by atoms with E-state index < -0.39 is 5.54 Å². The van der Waals surface area contributed by atoms with Crippen LogP contribution in [0.15, 0.2) is 53.2 Å². The van der Waals surface area contributed by atoms with E-state index in [2.05, 4.69) is 53.0 Å². The van der Waals surface area contributed by atoms with Crippen molar-refractivity contribution >= 4 is 11.7 Å². The van der Waals surface area contributed by atoms with Crippen molar-refractivity contribution in [3.05, 3.63) is 59.4 Å². The molecule has 5 rings (SSSR count). The molecule has 2 aromatic rings. The van der Waals surface area contributed by atoms with E-state index in [1.165, 1.54) is 5.57 Å². The van der Waals surface area contributed by atoms with E-state index in [0.29, 0.717) is 25.6 Å². The third-order valence-corrected chi connectivity index (χ3v) is 8.20. The number of nitrogens with one attached hydrogen (secondary N) is 1. The van der Waals surface area contributed by atoms with Crippen LogP contribution >= 0.6 is 0 Å². The maximum atomic E-state index is 14.0. The van der Waals surface area contributed by atoms with Gasteiger partial charge in [0, 0.05) is 51.8 Å². The van der Waals surface area contributed by atoms with Crippen molar-refractivity contribution in [1.82, 2.24) is 30.1 Å². The first-order valence-corrected chi connectivity index (χ1v) is 14.0. The van der Waals surface area contributed by atoms with Crippen molar-refractivity contribution in [2.45, 2.75) is 58.2 Å². The number of aliphatic imine (C=N–C) groups is 1. The highest BCUT2D eigenvalue weighted by Crippen LogP contribution is 2.31. The molecule has 2 saturated heterocycles. The molecule has 4 heterocycles. The number of aryl methyl sites for hydroxylation is 1. The van der Waals surface area contributed by atoms with Gasteiger partial charge in [-0.25, -0.2) is 4.99 Å². The van der Waals surface area contributed by atoms with Crippen LogP contribution in [0.3, 0.4) is 0 Å². The fraction of sp³-hybridized carbons (Fsp3) is 0.533. The number of likely N-dealkylation sites (tertiary alicyclic amines) is 1. The fourth-order valence-corrected chi connectivity index (χ4v) is 6.10. The van der Waals surface area contributed by atoms with Crippen molar-refractivity contribution < 1.29 is 9.53 Å². The number of amidine groups is 1. The number of methoxy groups -OCH3 is 1. The van der Waals surface area contributed by atoms with E-state index in [9.17, 15) is 4.79 Å². The second-order valence-electron chi connectivity index (χ2n) is 11.2. The van der Waals surface area contributed by atoms with Gasteiger partial charge in [0.05, 0.1) is 18.8 Å². The number of ether oxygens (including phenoxy) is 1. The van der Waals surface area contributed by atoms with Crippen LogP contribution in [0.2, 0.25) is 0 Å². The summed E-state index contributed by atoms with van der Waals surface area (Å²) in [6.45, 7) is 12.6. The Morgan fingerprint density at radius 1 is 1.21 bits per heavy atom. The number of piperidine rings is 1. The molecule has 208 valence electrons. The Bertz CT molecular complexity index is 1290. The lowest BCUT2D eigenvalue weighted by atomic mass is 9.83. The SMILES string of the molecule is C=C1/C=C(/C)CCC(C)C(N2CCC3(CC2)NCCN(Cc2nn(C)nc2-c2cccc(COC)c2)C3=O)=N1. The van der Waals surface area contributed by atoms with Crippen molar-refractivity contribution in [3.8, 4) is 11.3 Å². The number of rotatable bonds is 5. The smallest absolute Gasteiger partial charge is 0.243 e. The van der Waals surface area contributed by atoms with Gasteiger partial charge in [-0.05, 0) is 50.3 Å².